The maximum absolute atomic E-state index is 12.9. The summed E-state index contributed by atoms with van der Waals surface area (Å²) in [5.41, 5.74) is 4.37. The number of carbonyl (C=O) groups excluding carboxylic acids is 1. The molecule has 2 aromatic carbocycles. The Hall–Kier alpha value is -3.36. The summed E-state index contributed by atoms with van der Waals surface area (Å²) in [4.78, 5) is 17.5. The van der Waals surface area contributed by atoms with Crippen LogP contribution in [0.4, 0.5) is 11.5 Å². The van der Waals surface area contributed by atoms with Gasteiger partial charge in [0.25, 0.3) is 0 Å². The van der Waals surface area contributed by atoms with Crippen LogP contribution < -0.4 is 10.0 Å². The van der Waals surface area contributed by atoms with Crippen LogP contribution in [0.3, 0.4) is 0 Å². The van der Waals surface area contributed by atoms with Crippen LogP contribution in [0.5, 0.6) is 0 Å². The topological polar surface area (TPSA) is 60.2 Å². The molecule has 0 radical (unpaired) electrons. The second kappa shape index (κ2) is 8.29. The molecule has 1 aliphatic heterocycles. The number of hydrazine groups is 1. The highest BCUT2D eigenvalue weighted by molar-refractivity contribution is 6.30. The molecule has 5 nitrogen and oxygen atoms in total. The molecule has 0 N–H and O–H groups in total. The van der Waals surface area contributed by atoms with Gasteiger partial charge >= 0.3 is 0 Å². The van der Waals surface area contributed by atoms with Gasteiger partial charge in [-0.05, 0) is 60.2 Å². The number of benzene rings is 2. The minimum atomic E-state index is -0.227. The molecular weight excluding hydrogens is 420 g/mol. The quantitative estimate of drug-likeness (QED) is 0.514. The number of hydrogen-bond acceptors (Lipinski definition) is 5. The van der Waals surface area contributed by atoms with E-state index in [-0.39, 0.29) is 18.2 Å². The van der Waals surface area contributed by atoms with E-state index in [0.717, 1.165) is 28.9 Å². The molecule has 0 amide bonds. The smallest absolute Gasteiger partial charge is 0.161 e. The van der Waals surface area contributed by atoms with Gasteiger partial charge in [-0.15, -0.1) is 0 Å². The Morgan fingerprint density at radius 1 is 1.12 bits per heavy atom. The lowest BCUT2D eigenvalue weighted by Crippen LogP contribution is -2.51. The van der Waals surface area contributed by atoms with Crippen molar-refractivity contribution in [1.29, 1.82) is 5.26 Å². The minimum absolute atomic E-state index is 0.153. The first-order chi connectivity index (χ1) is 15.5. The molecule has 2 aliphatic rings. The van der Waals surface area contributed by atoms with Gasteiger partial charge in [-0.1, -0.05) is 48.9 Å². The predicted octanol–water partition coefficient (Wildman–Crippen LogP) is 5.60. The Morgan fingerprint density at radius 3 is 2.59 bits per heavy atom. The number of rotatable bonds is 5. The first kappa shape index (κ1) is 20.5. The first-order valence-corrected chi connectivity index (χ1v) is 11.3. The number of hydrogen-bond donors (Lipinski definition) is 0. The molecule has 1 fully saturated rings. The molecule has 5 rings (SSSR count). The van der Waals surface area contributed by atoms with Crippen LogP contribution in [0.25, 0.3) is 11.1 Å². The fraction of sp³-hybridized carbons (Fsp3) is 0.269. The third kappa shape index (κ3) is 3.94. The number of anilines is 2. The average Bonchev–Trinajstić information content (AvgIpc) is 3.64. The third-order valence-electron chi connectivity index (χ3n) is 6.26. The molecule has 1 atom stereocenters. The van der Waals surface area contributed by atoms with Gasteiger partial charge in [-0.3, -0.25) is 14.8 Å². The van der Waals surface area contributed by atoms with E-state index < -0.39 is 0 Å². The van der Waals surface area contributed by atoms with Gasteiger partial charge in [0.05, 0.1) is 5.69 Å². The van der Waals surface area contributed by atoms with Gasteiger partial charge in [0, 0.05) is 23.0 Å². The van der Waals surface area contributed by atoms with Crippen LogP contribution in [0.1, 0.15) is 36.9 Å². The van der Waals surface area contributed by atoms with Gasteiger partial charge in [0.2, 0.25) is 0 Å². The van der Waals surface area contributed by atoms with Gasteiger partial charge in [-0.25, -0.2) is 4.98 Å². The summed E-state index contributed by atoms with van der Waals surface area (Å²) < 4.78 is 0. The number of halogens is 1. The second-order valence-corrected chi connectivity index (χ2v) is 8.99. The van der Waals surface area contributed by atoms with Crippen LogP contribution >= 0.6 is 11.6 Å². The average molecular weight is 443 g/mol. The molecule has 0 spiro atoms. The fourth-order valence-electron chi connectivity index (χ4n) is 4.18. The number of fused-ring (bicyclic) bond motifs is 1. The van der Waals surface area contributed by atoms with Crippen molar-refractivity contribution < 1.29 is 4.79 Å². The Morgan fingerprint density at radius 2 is 1.91 bits per heavy atom. The molecule has 6 heteroatoms. The lowest BCUT2D eigenvalue weighted by Gasteiger charge is -2.41. The van der Waals surface area contributed by atoms with Crippen molar-refractivity contribution in [2.75, 3.05) is 23.1 Å². The van der Waals surface area contributed by atoms with Crippen molar-refractivity contribution in [3.05, 3.63) is 76.9 Å². The summed E-state index contributed by atoms with van der Waals surface area (Å²) in [7, 11) is 0. The Bertz CT molecular complexity index is 1210. The van der Waals surface area contributed by atoms with Gasteiger partial charge in [-0.2, -0.15) is 5.26 Å². The maximum atomic E-state index is 12.9. The van der Waals surface area contributed by atoms with Crippen molar-refractivity contribution in [1.82, 2.24) is 4.98 Å². The number of pyridine rings is 1. The lowest BCUT2D eigenvalue weighted by molar-refractivity contribution is -0.119. The normalized spacial score (nSPS) is 17.6. The van der Waals surface area contributed by atoms with Crippen molar-refractivity contribution in [3.63, 3.8) is 0 Å². The largest absolute Gasteiger partial charge is 0.297 e. The summed E-state index contributed by atoms with van der Waals surface area (Å²) in [6.07, 6.45) is 2.38. The van der Waals surface area contributed by atoms with Crippen molar-refractivity contribution in [3.8, 4) is 17.2 Å². The van der Waals surface area contributed by atoms with Crippen molar-refractivity contribution >= 4 is 28.9 Å². The number of ketones is 1. The van der Waals surface area contributed by atoms with E-state index in [0.29, 0.717) is 22.5 Å². The lowest BCUT2D eigenvalue weighted by atomic mass is 9.93. The number of nitrogens with zero attached hydrogens (tertiary/aromatic N) is 4. The van der Waals surface area contributed by atoms with E-state index in [4.69, 9.17) is 11.6 Å². The van der Waals surface area contributed by atoms with Crippen molar-refractivity contribution in [2.45, 2.75) is 25.7 Å². The molecule has 0 saturated heterocycles. The zero-order valence-corrected chi connectivity index (χ0v) is 18.6. The van der Waals surface area contributed by atoms with E-state index >= 15 is 0 Å². The van der Waals surface area contributed by atoms with E-state index in [1.165, 1.54) is 12.8 Å². The zero-order chi connectivity index (χ0) is 22.2. The van der Waals surface area contributed by atoms with Crippen LogP contribution in [0, 0.1) is 17.2 Å². The summed E-state index contributed by atoms with van der Waals surface area (Å²) in [5, 5.41) is 14.2. The highest BCUT2D eigenvalue weighted by atomic mass is 35.5. The van der Waals surface area contributed by atoms with Crippen LogP contribution in [-0.2, 0) is 4.79 Å². The first-order valence-electron chi connectivity index (χ1n) is 10.9. The van der Waals surface area contributed by atoms with Crippen LogP contribution in [-0.4, -0.2) is 23.9 Å². The monoisotopic (exact) mass is 442 g/mol. The second-order valence-electron chi connectivity index (χ2n) is 8.55. The predicted molar refractivity (Wildman–Crippen MR) is 127 cm³/mol. The molecule has 1 unspecified atom stereocenters. The third-order valence-corrected chi connectivity index (χ3v) is 6.50. The molecule has 1 saturated carbocycles. The molecule has 1 aliphatic carbocycles. The summed E-state index contributed by atoms with van der Waals surface area (Å²) in [6, 6.07) is 21.8. The van der Waals surface area contributed by atoms with E-state index in [9.17, 15) is 10.1 Å². The van der Waals surface area contributed by atoms with E-state index in [2.05, 4.69) is 40.3 Å². The number of Topliss-reactive ketones (excluding diaryl/α,β-unsaturated/α-hetero) is 1. The highest BCUT2D eigenvalue weighted by Crippen LogP contribution is 2.38. The van der Waals surface area contributed by atoms with Gasteiger partial charge in [0.15, 0.2) is 11.6 Å². The zero-order valence-electron chi connectivity index (χ0n) is 17.8. The molecular formula is C26H23ClN4O. The Labute approximate surface area is 192 Å². The number of aromatic nitrogens is 1. The molecule has 2 heterocycles. The van der Waals surface area contributed by atoms with Gasteiger partial charge < -0.3 is 0 Å². The molecule has 160 valence electrons. The summed E-state index contributed by atoms with van der Waals surface area (Å²) >= 11 is 6.16. The standard InChI is InChI=1S/C26H23ClN4O/c1-17-24-12-9-22(14-28)29-26(24)31(16-25(17)32)30(15-18-5-6-18)23-10-7-19(8-11-23)20-3-2-4-21(27)13-20/h2-4,7-13,17-18H,5-6,15-16H2,1H3. The van der Waals surface area contributed by atoms with E-state index in [1.807, 2.05) is 42.3 Å². The molecule has 32 heavy (non-hydrogen) atoms. The summed E-state index contributed by atoms with van der Waals surface area (Å²) in [5.74, 6) is 1.23. The molecule has 0 bridgehead atoms. The van der Waals surface area contributed by atoms with Gasteiger partial charge in [0.1, 0.15) is 18.3 Å². The summed E-state index contributed by atoms with van der Waals surface area (Å²) in [6.45, 7) is 2.98. The molecule has 3 aromatic rings. The Balaban J connectivity index is 1.54. The fourth-order valence-corrected chi connectivity index (χ4v) is 4.37. The Kier molecular flexibility index (Phi) is 5.32. The van der Waals surface area contributed by atoms with E-state index in [1.54, 1.807) is 6.07 Å². The van der Waals surface area contributed by atoms with Crippen molar-refractivity contribution in [2.24, 2.45) is 5.92 Å². The molecule has 1 aromatic heterocycles. The highest BCUT2D eigenvalue weighted by Gasteiger charge is 2.36. The van der Waals surface area contributed by atoms with Crippen LogP contribution in [0.15, 0.2) is 60.7 Å². The SMILES string of the molecule is CC1C(=O)CN(N(CC2CC2)c2ccc(-c3cccc(Cl)c3)cc2)c2nc(C#N)ccc21. The van der Waals surface area contributed by atoms with Crippen LogP contribution in [0.2, 0.25) is 5.02 Å². The number of carbonyl (C=O) groups is 1. The maximum Gasteiger partial charge on any atom is 0.161 e. The minimum Gasteiger partial charge on any atom is -0.297 e. The number of nitriles is 1.